The van der Waals surface area contributed by atoms with Crippen molar-refractivity contribution in [2.75, 3.05) is 0 Å². The zero-order valence-corrected chi connectivity index (χ0v) is 8.79. The van der Waals surface area contributed by atoms with Crippen molar-refractivity contribution >= 4 is 22.6 Å². The highest BCUT2D eigenvalue weighted by atomic mass is 127. The SMILES string of the molecule is CC(C)c1ccc(O)cc1I. The molecule has 1 nitrogen and oxygen atoms in total. The van der Waals surface area contributed by atoms with E-state index in [0.717, 1.165) is 3.57 Å². The van der Waals surface area contributed by atoms with E-state index in [1.54, 1.807) is 12.1 Å². The average Bonchev–Trinajstić information content (AvgIpc) is 1.85. The molecule has 0 aromatic heterocycles. The highest BCUT2D eigenvalue weighted by Gasteiger charge is 2.03. The summed E-state index contributed by atoms with van der Waals surface area (Å²) in [6, 6.07) is 5.50. The molecule has 60 valence electrons. The van der Waals surface area contributed by atoms with Gasteiger partial charge in [-0.2, -0.15) is 0 Å². The summed E-state index contributed by atoms with van der Waals surface area (Å²) >= 11 is 2.24. The van der Waals surface area contributed by atoms with Crippen LogP contribution in [0.1, 0.15) is 25.3 Å². The maximum Gasteiger partial charge on any atom is 0.116 e. The molecular weight excluding hydrogens is 251 g/mol. The molecule has 0 fully saturated rings. The van der Waals surface area contributed by atoms with Gasteiger partial charge in [-0.3, -0.25) is 0 Å². The molecule has 0 saturated carbocycles. The molecule has 0 radical (unpaired) electrons. The van der Waals surface area contributed by atoms with Gasteiger partial charge in [-0.1, -0.05) is 19.9 Å². The molecule has 0 amide bonds. The van der Waals surface area contributed by atoms with Crippen molar-refractivity contribution in [3.05, 3.63) is 27.3 Å². The predicted octanol–water partition coefficient (Wildman–Crippen LogP) is 3.12. The molecule has 0 aliphatic carbocycles. The topological polar surface area (TPSA) is 20.2 Å². The summed E-state index contributed by atoms with van der Waals surface area (Å²) < 4.78 is 1.14. The molecule has 0 unspecified atom stereocenters. The Morgan fingerprint density at radius 2 is 2.00 bits per heavy atom. The van der Waals surface area contributed by atoms with Crippen LogP contribution in [0.5, 0.6) is 5.75 Å². The van der Waals surface area contributed by atoms with Crippen LogP contribution in [0.15, 0.2) is 18.2 Å². The number of aromatic hydroxyl groups is 1. The smallest absolute Gasteiger partial charge is 0.116 e. The quantitative estimate of drug-likeness (QED) is 0.771. The summed E-state index contributed by atoms with van der Waals surface area (Å²) in [6.45, 7) is 4.29. The lowest BCUT2D eigenvalue weighted by atomic mass is 10.0. The Bertz CT molecular complexity index is 256. The van der Waals surface area contributed by atoms with E-state index in [1.165, 1.54) is 5.56 Å². The lowest BCUT2D eigenvalue weighted by Gasteiger charge is -2.07. The maximum absolute atomic E-state index is 9.11. The molecule has 1 aromatic carbocycles. The van der Waals surface area contributed by atoms with Crippen molar-refractivity contribution in [1.29, 1.82) is 0 Å². The van der Waals surface area contributed by atoms with Gasteiger partial charge in [-0.25, -0.2) is 0 Å². The minimum atomic E-state index is 0.346. The number of phenols is 1. The van der Waals surface area contributed by atoms with Gasteiger partial charge in [-0.05, 0) is 46.2 Å². The summed E-state index contributed by atoms with van der Waals surface area (Å²) in [6.07, 6.45) is 0. The molecule has 1 N–H and O–H groups in total. The second-order valence-corrected chi connectivity index (χ2v) is 4.02. The standard InChI is InChI=1S/C9H11IO/c1-6(2)8-4-3-7(11)5-9(8)10/h3-6,11H,1-2H3. The lowest BCUT2D eigenvalue weighted by Crippen LogP contribution is -1.90. The Kier molecular flexibility index (Phi) is 2.76. The molecule has 0 heterocycles. The molecule has 2 heteroatoms. The first kappa shape index (κ1) is 8.84. The van der Waals surface area contributed by atoms with Crippen LogP contribution in [0.3, 0.4) is 0 Å². The zero-order valence-electron chi connectivity index (χ0n) is 6.63. The Morgan fingerprint density at radius 3 is 2.45 bits per heavy atom. The van der Waals surface area contributed by atoms with Crippen LogP contribution in [0.25, 0.3) is 0 Å². The molecule has 0 bridgehead atoms. The van der Waals surface area contributed by atoms with Gasteiger partial charge >= 0.3 is 0 Å². The maximum atomic E-state index is 9.11. The summed E-state index contributed by atoms with van der Waals surface area (Å²) in [7, 11) is 0. The van der Waals surface area contributed by atoms with Gasteiger partial charge in [0.1, 0.15) is 5.75 Å². The van der Waals surface area contributed by atoms with Crippen LogP contribution >= 0.6 is 22.6 Å². The van der Waals surface area contributed by atoms with Crippen LogP contribution in [0.2, 0.25) is 0 Å². The molecule has 0 saturated heterocycles. The van der Waals surface area contributed by atoms with Gasteiger partial charge in [0.05, 0.1) is 0 Å². The highest BCUT2D eigenvalue weighted by Crippen LogP contribution is 2.24. The highest BCUT2D eigenvalue weighted by molar-refractivity contribution is 14.1. The first-order chi connectivity index (χ1) is 5.11. The molecule has 1 rings (SSSR count). The molecule has 0 aliphatic heterocycles. The zero-order chi connectivity index (χ0) is 8.43. The van der Waals surface area contributed by atoms with E-state index >= 15 is 0 Å². The second-order valence-electron chi connectivity index (χ2n) is 2.86. The number of hydrogen-bond donors (Lipinski definition) is 1. The summed E-state index contributed by atoms with van der Waals surface area (Å²) in [4.78, 5) is 0. The third-order valence-corrected chi connectivity index (χ3v) is 2.54. The fraction of sp³-hybridized carbons (Fsp3) is 0.333. The van der Waals surface area contributed by atoms with Gasteiger partial charge in [0, 0.05) is 3.57 Å². The van der Waals surface area contributed by atoms with Gasteiger partial charge < -0.3 is 5.11 Å². The van der Waals surface area contributed by atoms with Gasteiger partial charge in [-0.15, -0.1) is 0 Å². The Balaban J connectivity index is 3.09. The molecule has 0 atom stereocenters. The number of phenolic OH excluding ortho intramolecular Hbond substituents is 1. The summed E-state index contributed by atoms with van der Waals surface area (Å²) in [5.74, 6) is 0.876. The summed E-state index contributed by atoms with van der Waals surface area (Å²) in [5, 5.41) is 9.11. The van der Waals surface area contributed by atoms with Crippen LogP contribution < -0.4 is 0 Å². The monoisotopic (exact) mass is 262 g/mol. The van der Waals surface area contributed by atoms with Crippen LogP contribution in [0, 0.1) is 3.57 Å². The Hall–Kier alpha value is -0.250. The van der Waals surface area contributed by atoms with E-state index in [4.69, 9.17) is 5.11 Å². The van der Waals surface area contributed by atoms with Crippen molar-refractivity contribution in [2.24, 2.45) is 0 Å². The number of halogens is 1. The number of benzene rings is 1. The Labute approximate surface area is 80.6 Å². The van der Waals surface area contributed by atoms with Crippen molar-refractivity contribution < 1.29 is 5.11 Å². The number of rotatable bonds is 1. The van der Waals surface area contributed by atoms with Crippen molar-refractivity contribution in [3.63, 3.8) is 0 Å². The fourth-order valence-corrected chi connectivity index (χ4v) is 2.11. The second kappa shape index (κ2) is 3.43. The van der Waals surface area contributed by atoms with Gasteiger partial charge in [0.25, 0.3) is 0 Å². The first-order valence-electron chi connectivity index (χ1n) is 3.59. The van der Waals surface area contributed by atoms with Crippen molar-refractivity contribution in [2.45, 2.75) is 19.8 Å². The van der Waals surface area contributed by atoms with Gasteiger partial charge in [0.15, 0.2) is 0 Å². The third kappa shape index (κ3) is 2.09. The molecule has 0 spiro atoms. The van der Waals surface area contributed by atoms with Crippen molar-refractivity contribution in [3.8, 4) is 5.75 Å². The van der Waals surface area contributed by atoms with E-state index in [1.807, 2.05) is 6.07 Å². The molecular formula is C9H11IO. The van der Waals surface area contributed by atoms with E-state index < -0.39 is 0 Å². The minimum absolute atomic E-state index is 0.346. The molecule has 11 heavy (non-hydrogen) atoms. The van der Waals surface area contributed by atoms with Gasteiger partial charge in [0.2, 0.25) is 0 Å². The minimum Gasteiger partial charge on any atom is -0.508 e. The number of hydrogen-bond acceptors (Lipinski definition) is 1. The predicted molar refractivity (Wildman–Crippen MR) is 54.9 cm³/mol. The average molecular weight is 262 g/mol. The van der Waals surface area contributed by atoms with E-state index in [0.29, 0.717) is 11.7 Å². The lowest BCUT2D eigenvalue weighted by molar-refractivity contribution is 0.474. The van der Waals surface area contributed by atoms with Crippen molar-refractivity contribution in [1.82, 2.24) is 0 Å². The van der Waals surface area contributed by atoms with Crippen LogP contribution in [-0.4, -0.2) is 5.11 Å². The van der Waals surface area contributed by atoms with Crippen LogP contribution in [0.4, 0.5) is 0 Å². The van der Waals surface area contributed by atoms with E-state index in [2.05, 4.69) is 36.4 Å². The normalized spacial score (nSPS) is 10.5. The summed E-state index contributed by atoms with van der Waals surface area (Å²) in [5.41, 5.74) is 1.29. The first-order valence-corrected chi connectivity index (χ1v) is 4.67. The third-order valence-electron chi connectivity index (χ3n) is 1.61. The molecule has 1 aromatic rings. The Morgan fingerprint density at radius 1 is 1.36 bits per heavy atom. The van der Waals surface area contributed by atoms with E-state index in [-0.39, 0.29) is 0 Å². The van der Waals surface area contributed by atoms with E-state index in [9.17, 15) is 0 Å². The largest absolute Gasteiger partial charge is 0.508 e. The van der Waals surface area contributed by atoms with Crippen LogP contribution in [-0.2, 0) is 0 Å². The molecule has 0 aliphatic rings. The fourth-order valence-electron chi connectivity index (χ4n) is 0.984.